The highest BCUT2D eigenvalue weighted by Crippen LogP contribution is 2.45. The molecule has 4 aromatic carbocycles. The van der Waals surface area contributed by atoms with Gasteiger partial charge < -0.3 is 102 Å². The topological polar surface area (TPSA) is 468 Å². The highest BCUT2D eigenvalue weighted by Gasteiger charge is 2.49. The largest absolute Gasteiger partial charge is 0.474 e. The molecule has 0 radical (unpaired) electrons. The lowest BCUT2D eigenvalue weighted by Crippen LogP contribution is -2.53. The predicted octanol–water partition coefficient (Wildman–Crippen LogP) is 5.59. The standard InChI is InChI=1S/C83H105N13O26P2/c1-54(2)72(90-69(98)26-29-108-31-33-110-35-37-112-39-41-114-43-44-115-42-40-113-38-36-111-34-32-109-30-28-85-68(97)23-24-71(99)95-48-59-13-6-5-11-57(59)19-20-58-12-8-10-16-65(58)95)79(103)88-55(3)77(101)89-62-21-17-56(18-22-62)49-116-83(105)94(4)47-60-14-7-9-15-64(60)78(102)92-82-91-76-73(80(104)93-82)87-53-96(76)81-75-74(100)67(120-81)51-118-123(106)121-66-46-63(119-70-25-27-84-52-86-70)45-61(66)50-117-124(107)122-75/h5-18,21-22,25,27,52-55,61,63,66-67,72,74-75,81,100,123-124H,23-24,26,28-51H2,1-4H3,(H,85,97)(H,88,103)(H,89,101)(H,90,98)(H2,91,92,93,102,104)/t55-,61?,63+,66-,67+,72-,74+,75+,81+/m0/s1. The van der Waals surface area contributed by atoms with Gasteiger partial charge in [-0.05, 0) is 72.4 Å². The fraction of sp³-hybridized carbons (Fsp3) is 0.494. The molecule has 3 aromatic heterocycles. The third-order valence-electron chi connectivity index (χ3n) is 19.9. The summed E-state index contributed by atoms with van der Waals surface area (Å²) in [7, 11) is -5.13. The third kappa shape index (κ3) is 29.1. The molecule has 2 bridgehead atoms. The number of imidazole rings is 1. The number of aromatic nitrogens is 6. The van der Waals surface area contributed by atoms with Crippen molar-refractivity contribution in [2.75, 3.05) is 148 Å². The minimum absolute atomic E-state index is 0.0229. The van der Waals surface area contributed by atoms with Crippen LogP contribution in [0.4, 0.5) is 22.1 Å². The zero-order valence-electron chi connectivity index (χ0n) is 69.2. The Balaban J connectivity index is 0.487. The first-order chi connectivity index (χ1) is 60.2. The van der Waals surface area contributed by atoms with Crippen LogP contribution in [-0.4, -0.2) is 256 Å². The number of para-hydroxylation sites is 1. The van der Waals surface area contributed by atoms with Gasteiger partial charge in [0.05, 0.1) is 144 Å². The summed E-state index contributed by atoms with van der Waals surface area (Å²) in [5, 5.41) is 25.0. The molecule has 1 saturated carbocycles. The summed E-state index contributed by atoms with van der Waals surface area (Å²) < 4.78 is 113. The number of aliphatic hydroxyl groups is 1. The molecule has 668 valence electrons. The van der Waals surface area contributed by atoms with Crippen LogP contribution in [0.5, 0.6) is 5.88 Å². The van der Waals surface area contributed by atoms with Crippen molar-refractivity contribution in [1.82, 2.24) is 50.3 Å². The maximum atomic E-state index is 14.0. The number of aliphatic hydroxyl groups excluding tert-OH is 1. The molecule has 0 spiro atoms. The summed E-state index contributed by atoms with van der Waals surface area (Å²) in [4.78, 5) is 129. The summed E-state index contributed by atoms with van der Waals surface area (Å²) in [6.07, 6.45) is -2.63. The van der Waals surface area contributed by atoms with E-state index in [1.807, 2.05) is 48.5 Å². The molecule has 39 nitrogen and oxygen atoms in total. The Bertz CT molecular complexity index is 4850. The fourth-order valence-electron chi connectivity index (χ4n) is 13.4. The van der Waals surface area contributed by atoms with Crippen molar-refractivity contribution in [3.05, 3.63) is 166 Å². The second-order valence-corrected chi connectivity index (χ2v) is 31.4. The molecule has 7 amide bonds. The number of amides is 7. The first-order valence-electron chi connectivity index (χ1n) is 40.8. The maximum Gasteiger partial charge on any atom is 0.410 e. The lowest BCUT2D eigenvalue weighted by Gasteiger charge is -2.26. The van der Waals surface area contributed by atoms with Crippen molar-refractivity contribution in [3.8, 4) is 17.7 Å². The van der Waals surface area contributed by atoms with Crippen molar-refractivity contribution in [3.63, 3.8) is 0 Å². The second kappa shape index (κ2) is 49.4. The molecular formula is C83H105N13O26P2. The van der Waals surface area contributed by atoms with Gasteiger partial charge in [0.25, 0.3) is 11.5 Å². The van der Waals surface area contributed by atoms with Gasteiger partial charge in [-0.25, -0.2) is 19.7 Å². The second-order valence-electron chi connectivity index (χ2n) is 29.3. The maximum absolute atomic E-state index is 14.0. The van der Waals surface area contributed by atoms with E-state index in [1.54, 1.807) is 67.3 Å². The average Bonchev–Trinajstić information content (AvgIpc) is 1.60. The SMILES string of the molecule is CC(C)[C@H](NC(=O)CCOCCOCCOCCOCCOCCOCCOCCOCCNC(=O)CCC(=O)N1Cc2ccccc2C#Cc2ccccc21)C(=O)N[C@@H](C)C(=O)Nc1ccc(COC(=O)N(C)Cc2ccccc2C(=O)Nc2nc3c(ncn3[C@@H]3O[C@@H]4CO[PH](=O)O[C@H]5C[C@H](Oc6ccncn6)CC5CO[PH](=O)O[C@@H]3[C@@H]4O)c(=O)[nH]2)cc1. The molecule has 7 aromatic rings. The molecule has 2 saturated heterocycles. The van der Waals surface area contributed by atoms with Gasteiger partial charge in [-0.1, -0.05) is 86.4 Å². The quantitative estimate of drug-likeness (QED) is 0.0139. The number of hydrogen-bond acceptors (Lipinski definition) is 30. The molecule has 11 rings (SSSR count). The van der Waals surface area contributed by atoms with Crippen molar-refractivity contribution in [2.45, 2.75) is 121 Å². The number of anilines is 3. The molecular weight excluding hydrogens is 1660 g/mol. The summed E-state index contributed by atoms with van der Waals surface area (Å²) in [6.45, 7) is 10.2. The van der Waals surface area contributed by atoms with Gasteiger partial charge in [-0.3, -0.25) is 62.1 Å². The van der Waals surface area contributed by atoms with Crippen LogP contribution >= 0.6 is 16.5 Å². The Hall–Kier alpha value is -10.3. The first kappa shape index (κ1) is 94.3. The summed E-state index contributed by atoms with van der Waals surface area (Å²) >= 11 is 0. The van der Waals surface area contributed by atoms with Crippen LogP contribution in [0.25, 0.3) is 11.2 Å². The van der Waals surface area contributed by atoms with Gasteiger partial charge in [-0.15, -0.1) is 0 Å². The fourth-order valence-corrected chi connectivity index (χ4v) is 15.2. The molecule has 124 heavy (non-hydrogen) atoms. The number of fused-ring (bicyclic) bond motifs is 6. The zero-order valence-corrected chi connectivity index (χ0v) is 71.2. The Kier molecular flexibility index (Phi) is 37.6. The van der Waals surface area contributed by atoms with E-state index in [9.17, 15) is 52.6 Å². The van der Waals surface area contributed by atoms with Gasteiger partial charge >= 0.3 is 22.6 Å². The van der Waals surface area contributed by atoms with Gasteiger partial charge in [0.1, 0.15) is 49.4 Å². The van der Waals surface area contributed by atoms with Gasteiger partial charge in [0.15, 0.2) is 17.4 Å². The summed E-state index contributed by atoms with van der Waals surface area (Å²) in [6, 6.07) is 27.7. The monoisotopic (exact) mass is 1760 g/mol. The molecule has 7 N–H and O–H groups in total. The van der Waals surface area contributed by atoms with Crippen LogP contribution in [0.3, 0.4) is 0 Å². The molecule has 3 aliphatic heterocycles. The van der Waals surface area contributed by atoms with Gasteiger partial charge in [-0.2, -0.15) is 4.98 Å². The predicted molar refractivity (Wildman–Crippen MR) is 446 cm³/mol. The van der Waals surface area contributed by atoms with Crippen LogP contribution in [0, 0.1) is 23.7 Å². The van der Waals surface area contributed by atoms with E-state index < -0.39 is 113 Å². The zero-order chi connectivity index (χ0) is 87.5. The number of hydrogen-bond donors (Lipinski definition) is 7. The number of ether oxygens (including phenoxy) is 11. The Morgan fingerprint density at radius 2 is 1.29 bits per heavy atom. The average molecular weight is 1760 g/mol. The van der Waals surface area contributed by atoms with Gasteiger partial charge in [0, 0.05) is 86.4 Å². The highest BCUT2D eigenvalue weighted by atomic mass is 31.1. The minimum atomic E-state index is -3.39. The Morgan fingerprint density at radius 3 is 1.98 bits per heavy atom. The van der Waals surface area contributed by atoms with E-state index in [-0.39, 0.29) is 99.2 Å². The molecule has 3 unspecified atom stereocenters. The van der Waals surface area contributed by atoms with Crippen LogP contribution in [-0.2, 0) is 118 Å². The molecule has 6 heterocycles. The number of benzene rings is 4. The van der Waals surface area contributed by atoms with Crippen LogP contribution in [0.1, 0.15) is 97.3 Å². The number of H-pyrrole nitrogens is 1. The number of nitrogens with zero attached hydrogens (tertiary/aromatic N) is 7. The van der Waals surface area contributed by atoms with Gasteiger partial charge in [0.2, 0.25) is 41.4 Å². The molecule has 3 fully saturated rings. The number of rotatable bonds is 45. The number of aromatic amines is 1. The Labute approximate surface area is 716 Å². The number of nitrogens with one attached hydrogen (secondary N) is 6. The molecule has 1 aliphatic carbocycles. The smallest absolute Gasteiger partial charge is 0.410 e. The number of carbonyl (C=O) groups excluding carboxylic acids is 7. The summed E-state index contributed by atoms with van der Waals surface area (Å²) in [5.41, 5.74) is 3.64. The van der Waals surface area contributed by atoms with E-state index in [0.29, 0.717) is 135 Å². The first-order valence-corrected chi connectivity index (χ1v) is 43.2. The molecule has 4 aliphatic rings. The molecule has 41 heteroatoms. The lowest BCUT2D eigenvalue weighted by molar-refractivity contribution is -0.132. The van der Waals surface area contributed by atoms with E-state index >= 15 is 0 Å². The van der Waals surface area contributed by atoms with Crippen LogP contribution < -0.4 is 41.8 Å². The summed E-state index contributed by atoms with van der Waals surface area (Å²) in [5.74, 6) is 2.99. The number of carbonyl (C=O) groups is 7. The van der Waals surface area contributed by atoms with E-state index in [4.69, 9.17) is 70.2 Å². The Morgan fingerprint density at radius 1 is 0.661 bits per heavy atom. The lowest BCUT2D eigenvalue weighted by atomic mass is 10.0. The van der Waals surface area contributed by atoms with Crippen molar-refractivity contribution >= 4 is 86.5 Å². The van der Waals surface area contributed by atoms with Crippen LogP contribution in [0.15, 0.2) is 127 Å². The normalized spacial score (nSPS) is 19.7. The van der Waals surface area contributed by atoms with Crippen LogP contribution in [0.2, 0.25) is 0 Å². The van der Waals surface area contributed by atoms with Crippen molar-refractivity contribution in [2.24, 2.45) is 11.8 Å². The minimum Gasteiger partial charge on any atom is -0.474 e. The molecule has 11 atom stereocenters. The third-order valence-corrected chi connectivity index (χ3v) is 21.7. The van der Waals surface area contributed by atoms with Crippen molar-refractivity contribution in [1.29, 1.82) is 0 Å². The van der Waals surface area contributed by atoms with E-state index in [0.717, 1.165) is 22.4 Å². The van der Waals surface area contributed by atoms with E-state index in [2.05, 4.69) is 63.3 Å². The van der Waals surface area contributed by atoms with E-state index in [1.165, 1.54) is 48.4 Å². The van der Waals surface area contributed by atoms with Crippen molar-refractivity contribution < 1.29 is 118 Å². The highest BCUT2D eigenvalue weighted by molar-refractivity contribution is 7.33.